The molecule has 6 nitrogen and oxygen atoms in total. The quantitative estimate of drug-likeness (QED) is 0.500. The number of benzene rings is 1. The average molecular weight is 292 g/mol. The molecular weight excluding hydrogens is 276 g/mol. The van der Waals surface area contributed by atoms with E-state index in [1.165, 1.54) is 24.3 Å². The Hall–Kier alpha value is -2.18. The molecule has 0 radical (unpaired) electrons. The lowest BCUT2D eigenvalue weighted by atomic mass is 9.88. The minimum absolute atomic E-state index is 0.0185. The van der Waals surface area contributed by atoms with Gasteiger partial charge in [0.15, 0.2) is 11.5 Å². The molecule has 1 aliphatic carbocycles. The highest BCUT2D eigenvalue weighted by Gasteiger charge is 2.36. The molecule has 6 heteroatoms. The van der Waals surface area contributed by atoms with Crippen molar-refractivity contribution in [2.45, 2.75) is 31.2 Å². The number of aliphatic hydroxyl groups is 3. The van der Waals surface area contributed by atoms with Crippen molar-refractivity contribution in [3.05, 3.63) is 46.9 Å². The third-order valence-corrected chi connectivity index (χ3v) is 3.78. The molecule has 1 aromatic rings. The summed E-state index contributed by atoms with van der Waals surface area (Å²) in [7, 11) is 0. The third kappa shape index (κ3) is 2.43. The van der Waals surface area contributed by atoms with Crippen LogP contribution in [0, 0.1) is 0 Å². The number of phenolic OH excluding ortho intramolecular Hbond substituents is 2. The van der Waals surface area contributed by atoms with Crippen molar-refractivity contribution in [3.8, 4) is 11.5 Å². The van der Waals surface area contributed by atoms with Gasteiger partial charge in [0, 0.05) is 24.5 Å². The molecule has 0 saturated heterocycles. The molecule has 3 atom stereocenters. The number of phenols is 2. The number of hydrogen-bond acceptors (Lipinski definition) is 6. The molecular formula is C15H16O6. The van der Waals surface area contributed by atoms with Crippen LogP contribution in [0.5, 0.6) is 11.5 Å². The Kier molecular flexibility index (Phi) is 3.27. The van der Waals surface area contributed by atoms with E-state index in [1.807, 2.05) is 0 Å². The molecule has 0 spiro atoms. The molecule has 112 valence electrons. The van der Waals surface area contributed by atoms with Crippen LogP contribution in [0.1, 0.15) is 24.5 Å². The monoisotopic (exact) mass is 292 g/mol. The van der Waals surface area contributed by atoms with Gasteiger partial charge in [-0.2, -0.15) is 0 Å². The minimum atomic E-state index is -0.893. The van der Waals surface area contributed by atoms with Gasteiger partial charge in [-0.25, -0.2) is 0 Å². The van der Waals surface area contributed by atoms with E-state index in [0.717, 1.165) is 0 Å². The van der Waals surface area contributed by atoms with E-state index in [2.05, 4.69) is 0 Å². The molecule has 0 aromatic heterocycles. The summed E-state index contributed by atoms with van der Waals surface area (Å²) in [6.45, 7) is 0. The first-order valence-electron chi connectivity index (χ1n) is 6.63. The smallest absolute Gasteiger partial charge is 0.157 e. The van der Waals surface area contributed by atoms with Gasteiger partial charge in [0.05, 0.1) is 18.0 Å². The van der Waals surface area contributed by atoms with Gasteiger partial charge in [-0.3, -0.25) is 0 Å². The largest absolute Gasteiger partial charge is 0.512 e. The second-order valence-electron chi connectivity index (χ2n) is 5.30. The Bertz CT molecular complexity index is 633. The molecule has 21 heavy (non-hydrogen) atoms. The number of rotatable bonds is 1. The number of allylic oxidation sites excluding steroid dienone is 1. The van der Waals surface area contributed by atoms with Gasteiger partial charge in [-0.05, 0) is 17.7 Å². The van der Waals surface area contributed by atoms with Crippen LogP contribution in [0.3, 0.4) is 0 Å². The van der Waals surface area contributed by atoms with Gasteiger partial charge in [0.2, 0.25) is 0 Å². The lowest BCUT2D eigenvalue weighted by Gasteiger charge is -2.35. The molecule has 0 bridgehead atoms. The second-order valence-corrected chi connectivity index (χ2v) is 5.30. The zero-order valence-corrected chi connectivity index (χ0v) is 11.1. The number of ether oxygens (including phenoxy) is 1. The van der Waals surface area contributed by atoms with Crippen LogP contribution < -0.4 is 0 Å². The maximum atomic E-state index is 10.2. The first-order valence-corrected chi connectivity index (χ1v) is 6.63. The summed E-state index contributed by atoms with van der Waals surface area (Å²) in [5, 5.41) is 48.6. The normalized spacial score (nSPS) is 28.7. The lowest BCUT2D eigenvalue weighted by molar-refractivity contribution is -0.0273. The highest BCUT2D eigenvalue weighted by atomic mass is 16.5. The second kappa shape index (κ2) is 4.98. The summed E-state index contributed by atoms with van der Waals surface area (Å²) in [5.74, 6) is -0.196. The average Bonchev–Trinajstić information content (AvgIpc) is 2.42. The maximum Gasteiger partial charge on any atom is 0.157 e. The predicted molar refractivity (Wildman–Crippen MR) is 72.6 cm³/mol. The summed E-state index contributed by atoms with van der Waals surface area (Å²) in [4.78, 5) is 0. The van der Waals surface area contributed by atoms with Crippen molar-refractivity contribution in [2.24, 2.45) is 0 Å². The zero-order chi connectivity index (χ0) is 15.1. The summed E-state index contributed by atoms with van der Waals surface area (Å²) in [6.07, 6.45) is -0.748. The van der Waals surface area contributed by atoms with Crippen molar-refractivity contribution in [1.29, 1.82) is 0 Å². The summed E-state index contributed by atoms with van der Waals surface area (Å²) < 4.78 is 5.66. The minimum Gasteiger partial charge on any atom is -0.512 e. The zero-order valence-electron chi connectivity index (χ0n) is 11.1. The van der Waals surface area contributed by atoms with E-state index < -0.39 is 18.3 Å². The van der Waals surface area contributed by atoms with Crippen LogP contribution in [0.2, 0.25) is 0 Å². The van der Waals surface area contributed by atoms with Gasteiger partial charge >= 0.3 is 0 Å². The van der Waals surface area contributed by atoms with Crippen molar-refractivity contribution < 1.29 is 30.3 Å². The Morgan fingerprint density at radius 1 is 1.00 bits per heavy atom. The van der Waals surface area contributed by atoms with E-state index >= 15 is 0 Å². The number of aliphatic hydroxyl groups excluding tert-OH is 3. The van der Waals surface area contributed by atoms with E-state index in [4.69, 9.17) is 4.74 Å². The van der Waals surface area contributed by atoms with E-state index in [-0.39, 0.29) is 30.1 Å². The summed E-state index contributed by atoms with van der Waals surface area (Å²) in [6, 6.07) is 4.17. The fourth-order valence-electron chi connectivity index (χ4n) is 2.69. The van der Waals surface area contributed by atoms with Gasteiger partial charge in [0.25, 0.3) is 0 Å². The molecule has 2 aliphatic rings. The fourth-order valence-corrected chi connectivity index (χ4v) is 2.69. The molecule has 0 amide bonds. The topological polar surface area (TPSA) is 110 Å². The van der Waals surface area contributed by atoms with Crippen molar-refractivity contribution in [3.63, 3.8) is 0 Å². The standard InChI is InChI=1S/C15H16O6/c16-8-4-11(18)9-6-13(20)15(21-14(9)5-8)7-1-2-10(17)12(19)3-7/h1-3,5,11,13,15-20H,4,6H2/t11?,13-,15-/m1/s1. The van der Waals surface area contributed by atoms with Gasteiger partial charge in [-0.15, -0.1) is 0 Å². The number of hydrogen-bond donors (Lipinski definition) is 5. The summed E-state index contributed by atoms with van der Waals surface area (Å²) in [5.41, 5.74) is 1.05. The Morgan fingerprint density at radius 2 is 1.76 bits per heavy atom. The predicted octanol–water partition coefficient (Wildman–Crippen LogP) is 1.38. The highest BCUT2D eigenvalue weighted by molar-refractivity contribution is 5.42. The third-order valence-electron chi connectivity index (χ3n) is 3.78. The van der Waals surface area contributed by atoms with Crippen LogP contribution in [-0.2, 0) is 4.74 Å². The Morgan fingerprint density at radius 3 is 2.48 bits per heavy atom. The van der Waals surface area contributed by atoms with Gasteiger partial charge in [-0.1, -0.05) is 6.07 Å². The molecule has 3 rings (SSSR count). The first-order chi connectivity index (χ1) is 9.95. The van der Waals surface area contributed by atoms with Crippen LogP contribution >= 0.6 is 0 Å². The maximum absolute atomic E-state index is 10.2. The molecule has 1 unspecified atom stereocenters. The first kappa shape index (κ1) is 13.8. The molecule has 1 aliphatic heterocycles. The van der Waals surface area contributed by atoms with Crippen molar-refractivity contribution in [1.82, 2.24) is 0 Å². The van der Waals surface area contributed by atoms with Crippen molar-refractivity contribution in [2.75, 3.05) is 0 Å². The lowest BCUT2D eigenvalue weighted by Crippen LogP contribution is -2.32. The molecule has 1 heterocycles. The molecule has 0 fully saturated rings. The highest BCUT2D eigenvalue weighted by Crippen LogP contribution is 2.40. The molecule has 0 saturated carbocycles. The molecule has 5 N–H and O–H groups in total. The fraction of sp³-hybridized carbons (Fsp3) is 0.333. The van der Waals surface area contributed by atoms with Crippen molar-refractivity contribution >= 4 is 0 Å². The van der Waals surface area contributed by atoms with Crippen LogP contribution in [0.15, 0.2) is 41.4 Å². The van der Waals surface area contributed by atoms with E-state index in [0.29, 0.717) is 16.9 Å². The SMILES string of the molecule is OC1=CC2=C(C[C@@H](O)[C@@H](c3ccc(O)c(O)c3)O2)C(O)C1. The Balaban J connectivity index is 1.94. The van der Waals surface area contributed by atoms with Crippen LogP contribution in [-0.4, -0.2) is 37.7 Å². The molecule has 1 aromatic carbocycles. The van der Waals surface area contributed by atoms with E-state index in [9.17, 15) is 25.5 Å². The summed E-state index contributed by atoms with van der Waals surface area (Å²) >= 11 is 0. The van der Waals surface area contributed by atoms with Crippen LogP contribution in [0.25, 0.3) is 0 Å². The Labute approximate surface area is 120 Å². The van der Waals surface area contributed by atoms with Gasteiger partial charge < -0.3 is 30.3 Å². The van der Waals surface area contributed by atoms with Gasteiger partial charge in [0.1, 0.15) is 11.9 Å². The van der Waals surface area contributed by atoms with Crippen LogP contribution in [0.4, 0.5) is 0 Å². The number of aromatic hydroxyl groups is 2. The van der Waals surface area contributed by atoms with E-state index in [1.54, 1.807) is 0 Å².